The van der Waals surface area contributed by atoms with Gasteiger partial charge < -0.3 is 9.47 Å². The van der Waals surface area contributed by atoms with Crippen molar-refractivity contribution in [3.05, 3.63) is 35.7 Å². The second-order valence-corrected chi connectivity index (χ2v) is 7.95. The molecular formula is C20H27N3O3. The number of allylic oxidation sites excluding steroid dienone is 2. The smallest absolute Gasteiger partial charge is 0.334 e. The van der Waals surface area contributed by atoms with Crippen LogP contribution in [-0.4, -0.2) is 38.8 Å². The van der Waals surface area contributed by atoms with Gasteiger partial charge in [-0.25, -0.2) is 9.48 Å². The molecule has 0 unspecified atom stereocenters. The highest BCUT2D eigenvalue weighted by Gasteiger charge is 2.61. The average molecular weight is 357 g/mol. The molecule has 4 atom stereocenters. The summed E-state index contributed by atoms with van der Waals surface area (Å²) in [7, 11) is 0. The van der Waals surface area contributed by atoms with Gasteiger partial charge in [0, 0.05) is 17.7 Å². The zero-order chi connectivity index (χ0) is 18.3. The Hall–Kier alpha value is -1.95. The molecule has 0 aromatic carbocycles. The van der Waals surface area contributed by atoms with Gasteiger partial charge in [0.15, 0.2) is 0 Å². The Bertz CT molecular complexity index is 753. The largest absolute Gasteiger partial charge is 0.455 e. The van der Waals surface area contributed by atoms with E-state index in [4.69, 9.17) is 9.47 Å². The molecule has 0 radical (unpaired) electrons. The summed E-state index contributed by atoms with van der Waals surface area (Å²) >= 11 is 0. The fourth-order valence-corrected chi connectivity index (χ4v) is 4.26. The number of esters is 1. The van der Waals surface area contributed by atoms with E-state index in [9.17, 15) is 4.79 Å². The van der Waals surface area contributed by atoms with Crippen LogP contribution in [0.25, 0.3) is 0 Å². The van der Waals surface area contributed by atoms with Crippen molar-refractivity contribution in [3.63, 3.8) is 0 Å². The van der Waals surface area contributed by atoms with Crippen LogP contribution < -0.4 is 0 Å². The van der Waals surface area contributed by atoms with Crippen molar-refractivity contribution in [2.75, 3.05) is 0 Å². The molecule has 0 saturated carbocycles. The average Bonchev–Trinajstić information content (AvgIpc) is 2.92. The summed E-state index contributed by atoms with van der Waals surface area (Å²) in [6, 6.07) is 0. The molecule has 3 heterocycles. The minimum atomic E-state index is -0.261. The van der Waals surface area contributed by atoms with Gasteiger partial charge in [-0.15, -0.1) is 5.10 Å². The van der Waals surface area contributed by atoms with Crippen molar-refractivity contribution in [3.8, 4) is 0 Å². The molecule has 26 heavy (non-hydrogen) atoms. The van der Waals surface area contributed by atoms with Crippen LogP contribution >= 0.6 is 0 Å². The van der Waals surface area contributed by atoms with E-state index in [-0.39, 0.29) is 29.7 Å². The lowest BCUT2D eigenvalue weighted by molar-refractivity contribution is -0.140. The number of ether oxygens (including phenoxy) is 2. The van der Waals surface area contributed by atoms with Gasteiger partial charge in [-0.1, -0.05) is 36.8 Å². The molecule has 0 bridgehead atoms. The molecule has 140 valence electrons. The molecular weight excluding hydrogens is 330 g/mol. The highest BCUT2D eigenvalue weighted by molar-refractivity contribution is 5.91. The number of hydrogen-bond acceptors (Lipinski definition) is 5. The van der Waals surface area contributed by atoms with Gasteiger partial charge in [0.05, 0.1) is 17.8 Å². The van der Waals surface area contributed by atoms with Gasteiger partial charge in [0.25, 0.3) is 0 Å². The highest BCUT2D eigenvalue weighted by Crippen LogP contribution is 2.49. The molecule has 0 spiro atoms. The number of fused-ring (bicyclic) bond motifs is 3. The number of nitrogens with zero attached hydrogens (tertiary/aromatic N) is 3. The number of aryl methyl sites for hydroxylation is 1. The first-order chi connectivity index (χ1) is 12.5. The predicted octanol–water partition coefficient (Wildman–Crippen LogP) is 2.99. The summed E-state index contributed by atoms with van der Waals surface area (Å²) in [5.41, 5.74) is 2.78. The van der Waals surface area contributed by atoms with Gasteiger partial charge >= 0.3 is 5.97 Å². The molecule has 6 heteroatoms. The van der Waals surface area contributed by atoms with Crippen LogP contribution in [0.1, 0.15) is 51.6 Å². The van der Waals surface area contributed by atoms with E-state index in [0.717, 1.165) is 50.8 Å². The van der Waals surface area contributed by atoms with E-state index in [1.807, 2.05) is 10.9 Å². The minimum absolute atomic E-state index is 0.0116. The van der Waals surface area contributed by atoms with Crippen LogP contribution in [-0.2, 0) is 27.2 Å². The molecule has 2 saturated heterocycles. The maximum Gasteiger partial charge on any atom is 0.334 e. The molecule has 2 fully saturated rings. The molecule has 0 N–H and O–H groups in total. The molecule has 1 aromatic heterocycles. The van der Waals surface area contributed by atoms with Crippen molar-refractivity contribution in [2.45, 2.75) is 76.7 Å². The van der Waals surface area contributed by atoms with Crippen LogP contribution in [0.15, 0.2) is 30.0 Å². The quantitative estimate of drug-likeness (QED) is 0.359. The fraction of sp³-hybridized carbons (Fsp3) is 0.650. The number of carbonyl (C=O) groups excluding carboxylic acids is 1. The number of carbonyl (C=O) groups is 1. The number of rotatable bonds is 4. The Kier molecular flexibility index (Phi) is 4.47. The second kappa shape index (κ2) is 6.65. The monoisotopic (exact) mass is 357 g/mol. The number of aromatic nitrogens is 3. The van der Waals surface area contributed by atoms with E-state index in [1.165, 1.54) is 5.57 Å². The van der Waals surface area contributed by atoms with Crippen LogP contribution in [0.5, 0.6) is 0 Å². The van der Waals surface area contributed by atoms with Crippen LogP contribution in [0, 0.1) is 5.92 Å². The highest BCUT2D eigenvalue weighted by atomic mass is 16.6. The van der Waals surface area contributed by atoms with Crippen LogP contribution in [0.4, 0.5) is 0 Å². The predicted molar refractivity (Wildman–Crippen MR) is 96.4 cm³/mol. The molecule has 4 rings (SSSR count). The summed E-state index contributed by atoms with van der Waals surface area (Å²) in [5, 5.41) is 8.50. The van der Waals surface area contributed by atoms with E-state index in [0.29, 0.717) is 5.57 Å². The second-order valence-electron chi connectivity index (χ2n) is 7.95. The first-order valence-corrected chi connectivity index (χ1v) is 9.64. The summed E-state index contributed by atoms with van der Waals surface area (Å²) in [5.74, 6) is -0.217. The first kappa shape index (κ1) is 17.5. The van der Waals surface area contributed by atoms with Gasteiger partial charge in [-0.2, -0.15) is 0 Å². The Morgan fingerprint density at radius 2 is 2.31 bits per heavy atom. The number of epoxide rings is 1. The maximum atomic E-state index is 12.0. The van der Waals surface area contributed by atoms with Crippen molar-refractivity contribution >= 4 is 5.97 Å². The zero-order valence-corrected chi connectivity index (χ0v) is 15.6. The van der Waals surface area contributed by atoms with Crippen molar-refractivity contribution in [1.29, 1.82) is 0 Å². The van der Waals surface area contributed by atoms with Crippen molar-refractivity contribution < 1.29 is 14.3 Å². The lowest BCUT2D eigenvalue weighted by Gasteiger charge is -2.20. The number of hydrogen-bond donors (Lipinski definition) is 0. The van der Waals surface area contributed by atoms with Gasteiger partial charge in [-0.05, 0) is 39.0 Å². The lowest BCUT2D eigenvalue weighted by Crippen LogP contribution is -2.29. The van der Waals surface area contributed by atoms with E-state index < -0.39 is 0 Å². The van der Waals surface area contributed by atoms with Gasteiger partial charge in [0.2, 0.25) is 0 Å². The van der Waals surface area contributed by atoms with Crippen LogP contribution in [0.3, 0.4) is 0 Å². The molecule has 2 aliphatic heterocycles. The normalized spacial score (nSPS) is 35.9. The van der Waals surface area contributed by atoms with Gasteiger partial charge in [-0.3, -0.25) is 0 Å². The summed E-state index contributed by atoms with van der Waals surface area (Å²) in [4.78, 5) is 12.0. The third kappa shape index (κ3) is 3.22. The fourth-order valence-electron chi connectivity index (χ4n) is 4.26. The van der Waals surface area contributed by atoms with E-state index >= 15 is 0 Å². The van der Waals surface area contributed by atoms with Crippen molar-refractivity contribution in [1.82, 2.24) is 15.0 Å². The summed E-state index contributed by atoms with van der Waals surface area (Å²) in [6.07, 6.45) is 9.87. The SMILES string of the molecule is C=C1C(=O)O[C@H]2[C@H]1CC/C(Cn1cc(CCC)nn1)=C\CC[C@@]1(C)O[C@@H]21. The molecule has 6 nitrogen and oxygen atoms in total. The Balaban J connectivity index is 1.50. The van der Waals surface area contributed by atoms with E-state index in [1.54, 1.807) is 0 Å². The molecule has 0 amide bonds. The minimum Gasteiger partial charge on any atom is -0.455 e. The Morgan fingerprint density at radius 3 is 3.12 bits per heavy atom. The van der Waals surface area contributed by atoms with Crippen molar-refractivity contribution in [2.24, 2.45) is 5.92 Å². The third-order valence-electron chi connectivity index (χ3n) is 5.90. The third-order valence-corrected chi connectivity index (χ3v) is 5.90. The Labute approximate surface area is 154 Å². The maximum absolute atomic E-state index is 12.0. The molecule has 1 aromatic rings. The standard InChI is InChI=1S/C20H27N3O3/c1-4-6-15-12-23(22-21-15)11-14-7-5-10-20(3)18(26-20)17-16(9-8-14)13(2)19(24)25-17/h7,12,16-18H,2,4-6,8-11H2,1,3H3/b14-7+/t16-,17-,18-,20+/m0/s1. The van der Waals surface area contributed by atoms with Gasteiger partial charge in [0.1, 0.15) is 12.2 Å². The molecule has 1 aliphatic carbocycles. The van der Waals surface area contributed by atoms with Crippen LogP contribution in [0.2, 0.25) is 0 Å². The zero-order valence-electron chi connectivity index (χ0n) is 15.6. The van der Waals surface area contributed by atoms with E-state index in [2.05, 4.69) is 36.8 Å². The summed E-state index contributed by atoms with van der Waals surface area (Å²) in [6.45, 7) is 8.99. The topological polar surface area (TPSA) is 69.5 Å². The molecule has 3 aliphatic rings. The first-order valence-electron chi connectivity index (χ1n) is 9.64. The Morgan fingerprint density at radius 1 is 1.46 bits per heavy atom. The lowest BCUT2D eigenvalue weighted by atomic mass is 9.84. The summed E-state index contributed by atoms with van der Waals surface area (Å²) < 4.78 is 13.5.